The number of hydrogen-bond donors (Lipinski definition) is 1. The summed E-state index contributed by atoms with van der Waals surface area (Å²) in [6, 6.07) is 15.7. The standard InChI is InChI=1S/C15H14O2/c16-13-8-4-7-12-9-10-14(17-15(12)13)11-5-2-1-3-6-11/h1-8,14,16H,9-10H2. The molecule has 3 rings (SSSR count). The highest BCUT2D eigenvalue weighted by molar-refractivity contribution is 5.47. The molecule has 1 aliphatic rings. The molecule has 0 aliphatic carbocycles. The molecule has 2 nitrogen and oxygen atoms in total. The number of fused-ring (bicyclic) bond motifs is 1. The first kappa shape index (κ1) is 10.2. The summed E-state index contributed by atoms with van der Waals surface area (Å²) in [5.74, 6) is 0.885. The van der Waals surface area contributed by atoms with Crippen LogP contribution in [0.2, 0.25) is 0 Å². The highest BCUT2D eigenvalue weighted by atomic mass is 16.5. The maximum Gasteiger partial charge on any atom is 0.165 e. The molecule has 1 aliphatic heterocycles. The van der Waals surface area contributed by atoms with Crippen molar-refractivity contribution in [2.24, 2.45) is 0 Å². The highest BCUT2D eigenvalue weighted by Crippen LogP contribution is 2.40. The summed E-state index contributed by atoms with van der Waals surface area (Å²) in [7, 11) is 0. The highest BCUT2D eigenvalue weighted by Gasteiger charge is 2.23. The van der Waals surface area contributed by atoms with Gasteiger partial charge in [0.2, 0.25) is 0 Å². The van der Waals surface area contributed by atoms with Crippen LogP contribution in [0.15, 0.2) is 48.5 Å². The van der Waals surface area contributed by atoms with Crippen molar-refractivity contribution in [2.75, 3.05) is 0 Å². The molecule has 0 amide bonds. The van der Waals surface area contributed by atoms with Gasteiger partial charge in [-0.2, -0.15) is 0 Å². The SMILES string of the molecule is Oc1cccc2c1OC(c1ccccc1)CC2. The quantitative estimate of drug-likeness (QED) is 0.806. The molecule has 1 heterocycles. The van der Waals surface area contributed by atoms with E-state index in [-0.39, 0.29) is 11.9 Å². The molecule has 1 unspecified atom stereocenters. The van der Waals surface area contributed by atoms with Crippen molar-refractivity contribution in [3.05, 3.63) is 59.7 Å². The molecule has 0 saturated carbocycles. The summed E-state index contributed by atoms with van der Waals surface area (Å²) in [6.07, 6.45) is 1.96. The number of aryl methyl sites for hydroxylation is 1. The minimum Gasteiger partial charge on any atom is -0.504 e. The van der Waals surface area contributed by atoms with Crippen LogP contribution < -0.4 is 4.74 Å². The summed E-state index contributed by atoms with van der Waals surface area (Å²) in [4.78, 5) is 0. The van der Waals surface area contributed by atoms with Crippen LogP contribution in [0.25, 0.3) is 0 Å². The van der Waals surface area contributed by atoms with Gasteiger partial charge in [0, 0.05) is 0 Å². The van der Waals surface area contributed by atoms with Gasteiger partial charge in [-0.1, -0.05) is 42.5 Å². The molecule has 2 aromatic carbocycles. The predicted octanol–water partition coefficient (Wildman–Crippen LogP) is 3.46. The maximum absolute atomic E-state index is 9.80. The van der Waals surface area contributed by atoms with E-state index in [0.29, 0.717) is 5.75 Å². The van der Waals surface area contributed by atoms with Crippen molar-refractivity contribution in [3.8, 4) is 11.5 Å². The molecule has 0 fully saturated rings. The molecule has 2 aromatic rings. The van der Waals surface area contributed by atoms with E-state index in [9.17, 15) is 5.11 Å². The van der Waals surface area contributed by atoms with Crippen molar-refractivity contribution in [3.63, 3.8) is 0 Å². The summed E-state index contributed by atoms with van der Waals surface area (Å²) < 4.78 is 5.90. The number of aromatic hydroxyl groups is 1. The van der Waals surface area contributed by atoms with E-state index in [0.717, 1.165) is 18.4 Å². The fourth-order valence-corrected chi connectivity index (χ4v) is 2.29. The zero-order chi connectivity index (χ0) is 11.7. The molecule has 0 bridgehead atoms. The molecule has 2 heteroatoms. The Morgan fingerprint density at radius 1 is 1.00 bits per heavy atom. The van der Waals surface area contributed by atoms with Crippen LogP contribution in [0, 0.1) is 0 Å². The van der Waals surface area contributed by atoms with Gasteiger partial charge in [-0.05, 0) is 30.0 Å². The number of para-hydroxylation sites is 1. The third-order valence-corrected chi connectivity index (χ3v) is 3.18. The predicted molar refractivity (Wildman–Crippen MR) is 66.2 cm³/mol. The lowest BCUT2D eigenvalue weighted by Gasteiger charge is -2.26. The van der Waals surface area contributed by atoms with Crippen molar-refractivity contribution in [1.82, 2.24) is 0 Å². The van der Waals surface area contributed by atoms with Gasteiger partial charge < -0.3 is 9.84 Å². The number of ether oxygens (including phenoxy) is 1. The van der Waals surface area contributed by atoms with Gasteiger partial charge in [0.15, 0.2) is 11.5 Å². The van der Waals surface area contributed by atoms with Crippen LogP contribution in [0.3, 0.4) is 0 Å². The van der Waals surface area contributed by atoms with E-state index in [1.165, 1.54) is 5.56 Å². The van der Waals surface area contributed by atoms with Gasteiger partial charge in [0.25, 0.3) is 0 Å². The van der Waals surface area contributed by atoms with Crippen molar-refractivity contribution >= 4 is 0 Å². The normalized spacial score (nSPS) is 18.2. The van der Waals surface area contributed by atoms with Gasteiger partial charge in [0.05, 0.1) is 0 Å². The van der Waals surface area contributed by atoms with E-state index < -0.39 is 0 Å². The summed E-state index contributed by atoms with van der Waals surface area (Å²) in [5, 5.41) is 9.80. The van der Waals surface area contributed by atoms with Crippen LogP contribution in [0.1, 0.15) is 23.7 Å². The Kier molecular flexibility index (Phi) is 2.48. The van der Waals surface area contributed by atoms with Gasteiger partial charge in [-0.3, -0.25) is 0 Å². The van der Waals surface area contributed by atoms with Gasteiger partial charge >= 0.3 is 0 Å². The second-order valence-corrected chi connectivity index (χ2v) is 4.32. The van der Waals surface area contributed by atoms with E-state index in [1.807, 2.05) is 30.3 Å². The van der Waals surface area contributed by atoms with E-state index in [4.69, 9.17) is 4.74 Å². The van der Waals surface area contributed by atoms with Crippen molar-refractivity contribution < 1.29 is 9.84 Å². The van der Waals surface area contributed by atoms with Crippen molar-refractivity contribution in [1.29, 1.82) is 0 Å². The Labute approximate surface area is 100 Å². The van der Waals surface area contributed by atoms with E-state index in [2.05, 4.69) is 12.1 Å². The average molecular weight is 226 g/mol. The van der Waals surface area contributed by atoms with Crippen LogP contribution in [-0.4, -0.2) is 5.11 Å². The first-order valence-electron chi connectivity index (χ1n) is 5.87. The smallest absolute Gasteiger partial charge is 0.165 e. The zero-order valence-electron chi connectivity index (χ0n) is 9.47. The monoisotopic (exact) mass is 226 g/mol. The second-order valence-electron chi connectivity index (χ2n) is 4.32. The summed E-state index contributed by atoms with van der Waals surface area (Å²) in [5.41, 5.74) is 2.26. The van der Waals surface area contributed by atoms with Crippen LogP contribution in [-0.2, 0) is 6.42 Å². The lowest BCUT2D eigenvalue weighted by atomic mass is 9.97. The zero-order valence-corrected chi connectivity index (χ0v) is 9.47. The average Bonchev–Trinajstić information content (AvgIpc) is 2.40. The van der Waals surface area contributed by atoms with E-state index in [1.54, 1.807) is 6.07 Å². The Morgan fingerprint density at radius 2 is 1.82 bits per heavy atom. The lowest BCUT2D eigenvalue weighted by Crippen LogP contribution is -2.15. The number of benzene rings is 2. The minimum absolute atomic E-state index is 0.0528. The molecule has 17 heavy (non-hydrogen) atoms. The molecule has 0 radical (unpaired) electrons. The summed E-state index contributed by atoms with van der Waals surface area (Å²) >= 11 is 0. The summed E-state index contributed by atoms with van der Waals surface area (Å²) in [6.45, 7) is 0. The molecular weight excluding hydrogens is 212 g/mol. The first-order chi connectivity index (χ1) is 8.34. The Balaban J connectivity index is 1.93. The Bertz CT molecular complexity index is 520. The van der Waals surface area contributed by atoms with Crippen LogP contribution >= 0.6 is 0 Å². The van der Waals surface area contributed by atoms with Crippen LogP contribution in [0.5, 0.6) is 11.5 Å². The molecule has 0 aromatic heterocycles. The van der Waals surface area contributed by atoms with Crippen molar-refractivity contribution in [2.45, 2.75) is 18.9 Å². The third kappa shape index (κ3) is 1.86. The Morgan fingerprint density at radius 3 is 2.65 bits per heavy atom. The lowest BCUT2D eigenvalue weighted by molar-refractivity contribution is 0.169. The minimum atomic E-state index is 0.0528. The van der Waals surface area contributed by atoms with Crippen LogP contribution in [0.4, 0.5) is 0 Å². The molecule has 0 spiro atoms. The number of rotatable bonds is 1. The Hall–Kier alpha value is -1.96. The molecule has 0 saturated heterocycles. The van der Waals surface area contributed by atoms with E-state index >= 15 is 0 Å². The maximum atomic E-state index is 9.80. The first-order valence-corrected chi connectivity index (χ1v) is 5.87. The third-order valence-electron chi connectivity index (χ3n) is 3.18. The molecule has 1 atom stereocenters. The second kappa shape index (κ2) is 4.13. The number of phenolic OH excluding ortho intramolecular Hbond substituents is 1. The number of hydrogen-bond acceptors (Lipinski definition) is 2. The molecule has 86 valence electrons. The molecule has 1 N–H and O–H groups in total. The van der Waals surface area contributed by atoms with Gasteiger partial charge in [-0.15, -0.1) is 0 Å². The number of phenols is 1. The topological polar surface area (TPSA) is 29.5 Å². The fraction of sp³-hybridized carbons (Fsp3) is 0.200. The molecular formula is C15H14O2. The van der Waals surface area contributed by atoms with Gasteiger partial charge in [-0.25, -0.2) is 0 Å². The largest absolute Gasteiger partial charge is 0.504 e. The van der Waals surface area contributed by atoms with Gasteiger partial charge in [0.1, 0.15) is 6.10 Å². The fourth-order valence-electron chi connectivity index (χ4n) is 2.29.